The normalized spacial score (nSPS) is 18.6. The Kier molecular flexibility index (Phi) is 3.88. The highest BCUT2D eigenvalue weighted by Crippen LogP contribution is 2.39. The first kappa shape index (κ1) is 13.0. The molecule has 0 amide bonds. The average molecular weight is 252 g/mol. The van der Waals surface area contributed by atoms with Crippen molar-refractivity contribution in [2.24, 2.45) is 5.73 Å². The fourth-order valence-electron chi connectivity index (χ4n) is 2.66. The van der Waals surface area contributed by atoms with Gasteiger partial charge in [0.05, 0.1) is 10.7 Å². The summed E-state index contributed by atoms with van der Waals surface area (Å²) in [5.74, 6) is 0.717. The summed E-state index contributed by atoms with van der Waals surface area (Å²) in [6, 6.07) is 0. The van der Waals surface area contributed by atoms with Crippen LogP contribution in [0.3, 0.4) is 0 Å². The second kappa shape index (κ2) is 5.07. The molecule has 1 aliphatic rings. The van der Waals surface area contributed by atoms with Gasteiger partial charge in [0, 0.05) is 22.8 Å². The minimum Gasteiger partial charge on any atom is -0.330 e. The Bertz CT molecular complexity index is 376. The van der Waals surface area contributed by atoms with Crippen LogP contribution in [-0.4, -0.2) is 11.5 Å². The van der Waals surface area contributed by atoms with E-state index in [1.165, 1.54) is 47.7 Å². The molecule has 1 fully saturated rings. The Morgan fingerprint density at radius 3 is 2.53 bits per heavy atom. The molecule has 0 unspecified atom stereocenters. The lowest BCUT2D eigenvalue weighted by atomic mass is 9.89. The first-order chi connectivity index (χ1) is 8.04. The van der Waals surface area contributed by atoms with Crippen molar-refractivity contribution in [2.45, 2.75) is 64.2 Å². The summed E-state index contributed by atoms with van der Waals surface area (Å²) < 4.78 is 0. The molecule has 0 bridgehead atoms. The molecule has 0 saturated heterocycles. The number of thiazole rings is 1. The van der Waals surface area contributed by atoms with Crippen molar-refractivity contribution < 1.29 is 0 Å². The smallest absolute Gasteiger partial charge is 0.0962 e. The number of rotatable bonds is 3. The van der Waals surface area contributed by atoms with E-state index in [1.54, 1.807) is 0 Å². The van der Waals surface area contributed by atoms with E-state index < -0.39 is 0 Å². The Labute approximate surface area is 109 Å². The number of hydrogen-bond donors (Lipinski definition) is 1. The van der Waals surface area contributed by atoms with Crippen LogP contribution in [0.1, 0.15) is 67.4 Å². The number of hydrogen-bond acceptors (Lipinski definition) is 3. The van der Waals surface area contributed by atoms with Crippen molar-refractivity contribution in [3.05, 3.63) is 15.6 Å². The molecular weight excluding hydrogens is 228 g/mol. The van der Waals surface area contributed by atoms with Gasteiger partial charge >= 0.3 is 0 Å². The molecule has 3 heteroatoms. The first-order valence-corrected chi connectivity index (χ1v) is 7.54. The SMILES string of the molecule is Cc1nc(C2CCCCC2)sc1C(C)(C)CN. The molecule has 0 atom stereocenters. The van der Waals surface area contributed by atoms with Crippen LogP contribution in [0.15, 0.2) is 0 Å². The second-order valence-electron chi connectivity index (χ2n) is 5.89. The van der Waals surface area contributed by atoms with Gasteiger partial charge in [-0.15, -0.1) is 11.3 Å². The zero-order valence-corrected chi connectivity index (χ0v) is 12.1. The standard InChI is InChI=1S/C14H24N2S/c1-10-12(14(2,3)9-15)17-13(16-10)11-7-5-4-6-8-11/h11H,4-9,15H2,1-3H3. The zero-order valence-electron chi connectivity index (χ0n) is 11.3. The molecular formula is C14H24N2S. The maximum Gasteiger partial charge on any atom is 0.0962 e. The third-order valence-electron chi connectivity index (χ3n) is 3.89. The van der Waals surface area contributed by atoms with E-state index in [-0.39, 0.29) is 5.41 Å². The van der Waals surface area contributed by atoms with Crippen molar-refractivity contribution in [1.29, 1.82) is 0 Å². The van der Waals surface area contributed by atoms with Crippen LogP contribution >= 0.6 is 11.3 Å². The van der Waals surface area contributed by atoms with Crippen LogP contribution in [0.2, 0.25) is 0 Å². The topological polar surface area (TPSA) is 38.9 Å². The molecule has 0 radical (unpaired) electrons. The van der Waals surface area contributed by atoms with E-state index in [0.29, 0.717) is 6.54 Å². The highest BCUT2D eigenvalue weighted by Gasteiger charge is 2.27. The van der Waals surface area contributed by atoms with Gasteiger partial charge < -0.3 is 5.73 Å². The first-order valence-electron chi connectivity index (χ1n) is 6.72. The summed E-state index contributed by atoms with van der Waals surface area (Å²) in [4.78, 5) is 6.20. The third kappa shape index (κ3) is 2.71. The summed E-state index contributed by atoms with van der Waals surface area (Å²) in [5.41, 5.74) is 7.15. The number of aryl methyl sites for hydroxylation is 1. The van der Waals surface area contributed by atoms with Gasteiger partial charge in [-0.25, -0.2) is 4.98 Å². The van der Waals surface area contributed by atoms with Gasteiger partial charge in [-0.1, -0.05) is 33.1 Å². The molecule has 1 aromatic rings. The van der Waals surface area contributed by atoms with Gasteiger partial charge in [-0.2, -0.15) is 0 Å². The molecule has 2 N–H and O–H groups in total. The molecule has 0 aromatic carbocycles. The summed E-state index contributed by atoms with van der Waals surface area (Å²) in [7, 11) is 0. The number of aromatic nitrogens is 1. The number of nitrogens with zero attached hydrogens (tertiary/aromatic N) is 1. The fourth-order valence-corrected chi connectivity index (χ4v) is 4.01. The Hall–Kier alpha value is -0.410. The minimum atomic E-state index is 0.0780. The summed E-state index contributed by atoms with van der Waals surface area (Å²) in [5, 5.41) is 1.36. The predicted molar refractivity (Wildman–Crippen MR) is 74.8 cm³/mol. The Morgan fingerprint density at radius 1 is 1.29 bits per heavy atom. The van der Waals surface area contributed by atoms with Crippen molar-refractivity contribution in [3.8, 4) is 0 Å². The molecule has 1 heterocycles. The van der Waals surface area contributed by atoms with Gasteiger partial charge in [0.2, 0.25) is 0 Å². The minimum absolute atomic E-state index is 0.0780. The second-order valence-corrected chi connectivity index (χ2v) is 6.92. The van der Waals surface area contributed by atoms with Crippen LogP contribution in [0.4, 0.5) is 0 Å². The molecule has 1 aromatic heterocycles. The zero-order chi connectivity index (χ0) is 12.5. The van der Waals surface area contributed by atoms with Crippen LogP contribution in [0.25, 0.3) is 0 Å². The van der Waals surface area contributed by atoms with Gasteiger partial charge in [-0.3, -0.25) is 0 Å². The highest BCUT2D eigenvalue weighted by molar-refractivity contribution is 7.12. The maximum absolute atomic E-state index is 5.87. The van der Waals surface area contributed by atoms with E-state index in [1.807, 2.05) is 11.3 Å². The van der Waals surface area contributed by atoms with Crippen LogP contribution in [-0.2, 0) is 5.41 Å². The van der Waals surface area contributed by atoms with Gasteiger partial charge in [0.1, 0.15) is 0 Å². The Morgan fingerprint density at radius 2 is 1.94 bits per heavy atom. The fraction of sp³-hybridized carbons (Fsp3) is 0.786. The average Bonchev–Trinajstić information content (AvgIpc) is 2.73. The van der Waals surface area contributed by atoms with E-state index >= 15 is 0 Å². The van der Waals surface area contributed by atoms with Crippen molar-refractivity contribution in [2.75, 3.05) is 6.54 Å². The highest BCUT2D eigenvalue weighted by atomic mass is 32.1. The lowest BCUT2D eigenvalue weighted by molar-refractivity contribution is 0.442. The maximum atomic E-state index is 5.87. The molecule has 1 saturated carbocycles. The van der Waals surface area contributed by atoms with Crippen LogP contribution in [0, 0.1) is 6.92 Å². The van der Waals surface area contributed by atoms with Gasteiger partial charge in [0.25, 0.3) is 0 Å². The van der Waals surface area contributed by atoms with E-state index in [2.05, 4.69) is 20.8 Å². The Balaban J connectivity index is 2.23. The van der Waals surface area contributed by atoms with Gasteiger partial charge in [0.15, 0.2) is 0 Å². The lowest BCUT2D eigenvalue weighted by Gasteiger charge is -2.21. The van der Waals surface area contributed by atoms with Crippen molar-refractivity contribution in [1.82, 2.24) is 4.98 Å². The van der Waals surface area contributed by atoms with E-state index in [0.717, 1.165) is 5.92 Å². The summed E-state index contributed by atoms with van der Waals surface area (Å²) in [6.45, 7) is 7.27. The van der Waals surface area contributed by atoms with E-state index in [4.69, 9.17) is 10.7 Å². The van der Waals surface area contributed by atoms with Crippen LogP contribution in [0.5, 0.6) is 0 Å². The van der Waals surface area contributed by atoms with E-state index in [9.17, 15) is 0 Å². The monoisotopic (exact) mass is 252 g/mol. The van der Waals surface area contributed by atoms with Crippen molar-refractivity contribution in [3.63, 3.8) is 0 Å². The molecule has 0 aliphatic heterocycles. The predicted octanol–water partition coefficient (Wildman–Crippen LogP) is 3.74. The molecule has 1 aliphatic carbocycles. The lowest BCUT2D eigenvalue weighted by Crippen LogP contribution is -2.27. The quantitative estimate of drug-likeness (QED) is 0.890. The molecule has 2 rings (SSSR count). The summed E-state index contributed by atoms with van der Waals surface area (Å²) >= 11 is 1.91. The molecule has 0 spiro atoms. The molecule has 17 heavy (non-hydrogen) atoms. The summed E-state index contributed by atoms with van der Waals surface area (Å²) in [6.07, 6.45) is 6.81. The largest absolute Gasteiger partial charge is 0.330 e. The van der Waals surface area contributed by atoms with Gasteiger partial charge in [-0.05, 0) is 19.8 Å². The van der Waals surface area contributed by atoms with Crippen LogP contribution < -0.4 is 5.73 Å². The molecule has 96 valence electrons. The third-order valence-corrected chi connectivity index (χ3v) is 5.58. The van der Waals surface area contributed by atoms with Crippen molar-refractivity contribution >= 4 is 11.3 Å². The number of nitrogens with two attached hydrogens (primary N) is 1. The molecule has 2 nitrogen and oxygen atoms in total.